The molecule has 1 aliphatic rings. The van der Waals surface area contributed by atoms with Crippen molar-refractivity contribution in [3.05, 3.63) is 29.8 Å². The summed E-state index contributed by atoms with van der Waals surface area (Å²) in [4.78, 5) is 0. The molecule has 18 heavy (non-hydrogen) atoms. The maximum atomic E-state index is 12.1. The quantitative estimate of drug-likeness (QED) is 0.853. The van der Waals surface area contributed by atoms with Crippen molar-refractivity contribution in [1.29, 1.82) is 0 Å². The molecule has 1 fully saturated rings. The van der Waals surface area contributed by atoms with Crippen molar-refractivity contribution in [2.24, 2.45) is 0 Å². The Morgan fingerprint density at radius 1 is 1.33 bits per heavy atom. The molecule has 2 rings (SSSR count). The van der Waals surface area contributed by atoms with Gasteiger partial charge in [-0.3, -0.25) is 4.72 Å². The second-order valence-corrected chi connectivity index (χ2v) is 5.89. The molecule has 1 heterocycles. The van der Waals surface area contributed by atoms with Crippen molar-refractivity contribution in [3.63, 3.8) is 0 Å². The van der Waals surface area contributed by atoms with E-state index >= 15 is 0 Å². The number of hydrogen-bond donors (Lipinski definition) is 1. The molecule has 0 spiro atoms. The number of rotatable bonds is 4. The van der Waals surface area contributed by atoms with Crippen molar-refractivity contribution in [2.45, 2.75) is 5.88 Å². The highest BCUT2D eigenvalue weighted by molar-refractivity contribution is 7.90. The lowest BCUT2D eigenvalue weighted by atomic mass is 10.2. The third-order valence-corrected chi connectivity index (χ3v) is 4.49. The van der Waals surface area contributed by atoms with Gasteiger partial charge in [0.1, 0.15) is 0 Å². The Bertz CT molecular complexity index is 501. The van der Waals surface area contributed by atoms with E-state index in [0.717, 1.165) is 5.56 Å². The summed E-state index contributed by atoms with van der Waals surface area (Å²) in [6.07, 6.45) is 0. The SMILES string of the molecule is O=S(=O)(Nc1cccc(CCl)c1)N1CCOCC1. The fourth-order valence-corrected chi connectivity index (χ4v) is 3.07. The molecule has 0 bridgehead atoms. The highest BCUT2D eigenvalue weighted by atomic mass is 35.5. The Hall–Kier alpha value is -0.820. The molecule has 1 aromatic carbocycles. The normalized spacial score (nSPS) is 17.6. The van der Waals surface area contributed by atoms with E-state index in [1.54, 1.807) is 18.2 Å². The van der Waals surface area contributed by atoms with E-state index in [-0.39, 0.29) is 0 Å². The predicted octanol–water partition coefficient (Wildman–Crippen LogP) is 1.41. The zero-order valence-corrected chi connectivity index (χ0v) is 11.4. The Morgan fingerprint density at radius 3 is 2.72 bits per heavy atom. The van der Waals surface area contributed by atoms with E-state index in [9.17, 15) is 8.42 Å². The highest BCUT2D eigenvalue weighted by Crippen LogP contribution is 2.16. The van der Waals surface area contributed by atoms with Gasteiger partial charge in [0.25, 0.3) is 0 Å². The van der Waals surface area contributed by atoms with Gasteiger partial charge in [-0.2, -0.15) is 12.7 Å². The van der Waals surface area contributed by atoms with E-state index in [2.05, 4.69) is 4.72 Å². The zero-order valence-electron chi connectivity index (χ0n) is 9.80. The number of nitrogens with zero attached hydrogens (tertiary/aromatic N) is 1. The number of morpholine rings is 1. The summed E-state index contributed by atoms with van der Waals surface area (Å²) < 4.78 is 33.2. The number of benzene rings is 1. The molecular weight excluding hydrogens is 276 g/mol. The van der Waals surface area contributed by atoms with E-state index in [1.807, 2.05) is 6.07 Å². The standard InChI is InChI=1S/C11H15ClN2O3S/c12-9-10-2-1-3-11(8-10)13-18(15,16)14-4-6-17-7-5-14/h1-3,8,13H,4-7,9H2. The monoisotopic (exact) mass is 290 g/mol. The van der Waals surface area contributed by atoms with E-state index < -0.39 is 10.2 Å². The minimum Gasteiger partial charge on any atom is -0.379 e. The van der Waals surface area contributed by atoms with Crippen LogP contribution in [-0.4, -0.2) is 39.0 Å². The summed E-state index contributed by atoms with van der Waals surface area (Å²) in [5, 5.41) is 0. The molecule has 1 aromatic rings. The third-order valence-electron chi connectivity index (χ3n) is 2.64. The van der Waals surface area contributed by atoms with Crippen LogP contribution < -0.4 is 4.72 Å². The van der Waals surface area contributed by atoms with Crippen molar-refractivity contribution in [3.8, 4) is 0 Å². The molecule has 0 saturated carbocycles. The summed E-state index contributed by atoms with van der Waals surface area (Å²) in [5.74, 6) is 0.354. The molecular formula is C11H15ClN2O3S. The van der Waals surface area contributed by atoms with Gasteiger partial charge < -0.3 is 4.74 Å². The fourth-order valence-electron chi connectivity index (χ4n) is 1.72. The Balaban J connectivity index is 2.11. The molecule has 1 N–H and O–H groups in total. The van der Waals surface area contributed by atoms with Crippen LogP contribution in [0.2, 0.25) is 0 Å². The molecule has 0 amide bonds. The first-order valence-electron chi connectivity index (χ1n) is 5.62. The Kier molecular flexibility index (Phi) is 4.45. The summed E-state index contributed by atoms with van der Waals surface area (Å²) in [6, 6.07) is 7.05. The first-order valence-corrected chi connectivity index (χ1v) is 7.60. The number of ether oxygens (including phenoxy) is 1. The van der Waals surface area contributed by atoms with Crippen LogP contribution >= 0.6 is 11.6 Å². The average molecular weight is 291 g/mol. The van der Waals surface area contributed by atoms with Crippen LogP contribution in [0, 0.1) is 0 Å². The van der Waals surface area contributed by atoms with E-state index in [1.165, 1.54) is 4.31 Å². The lowest BCUT2D eigenvalue weighted by molar-refractivity contribution is 0.0733. The van der Waals surface area contributed by atoms with Gasteiger partial charge in [0.2, 0.25) is 0 Å². The minimum atomic E-state index is -3.50. The van der Waals surface area contributed by atoms with Crippen LogP contribution in [0.25, 0.3) is 0 Å². The number of halogens is 1. The van der Waals surface area contributed by atoms with Gasteiger partial charge in [-0.15, -0.1) is 11.6 Å². The highest BCUT2D eigenvalue weighted by Gasteiger charge is 2.23. The second-order valence-electron chi connectivity index (χ2n) is 3.95. The van der Waals surface area contributed by atoms with Crippen LogP contribution in [0.5, 0.6) is 0 Å². The predicted molar refractivity (Wildman–Crippen MR) is 70.9 cm³/mol. The van der Waals surface area contributed by atoms with Crippen molar-refractivity contribution < 1.29 is 13.2 Å². The molecule has 100 valence electrons. The number of alkyl halides is 1. The third kappa shape index (κ3) is 3.35. The van der Waals surface area contributed by atoms with Crippen LogP contribution in [0.3, 0.4) is 0 Å². The molecule has 0 atom stereocenters. The minimum absolute atomic E-state index is 0.354. The van der Waals surface area contributed by atoms with Gasteiger partial charge in [-0.25, -0.2) is 0 Å². The number of hydrogen-bond acceptors (Lipinski definition) is 3. The summed E-state index contributed by atoms with van der Waals surface area (Å²) >= 11 is 5.71. The lowest BCUT2D eigenvalue weighted by Gasteiger charge is -2.26. The first-order chi connectivity index (χ1) is 8.62. The second kappa shape index (κ2) is 5.88. The van der Waals surface area contributed by atoms with Gasteiger partial charge in [-0.05, 0) is 17.7 Å². The fraction of sp³-hybridized carbons (Fsp3) is 0.455. The van der Waals surface area contributed by atoms with Crippen LogP contribution in [0.4, 0.5) is 5.69 Å². The van der Waals surface area contributed by atoms with Gasteiger partial charge in [0, 0.05) is 19.0 Å². The van der Waals surface area contributed by atoms with Crippen molar-refractivity contribution in [1.82, 2.24) is 4.31 Å². The topological polar surface area (TPSA) is 58.6 Å². The van der Waals surface area contributed by atoms with Crippen LogP contribution in [0.1, 0.15) is 5.56 Å². The molecule has 0 aliphatic carbocycles. The van der Waals surface area contributed by atoms with Gasteiger partial charge in [-0.1, -0.05) is 12.1 Å². The molecule has 1 aliphatic heterocycles. The number of anilines is 1. The molecule has 0 aromatic heterocycles. The maximum absolute atomic E-state index is 12.1. The summed E-state index contributed by atoms with van der Waals surface area (Å²) in [6.45, 7) is 1.63. The first kappa shape index (κ1) is 13.6. The zero-order chi connectivity index (χ0) is 13.0. The van der Waals surface area contributed by atoms with Gasteiger partial charge in [0.15, 0.2) is 0 Å². The van der Waals surface area contributed by atoms with Crippen LogP contribution in [-0.2, 0) is 20.8 Å². The van der Waals surface area contributed by atoms with Gasteiger partial charge >= 0.3 is 10.2 Å². The Labute approximate surface area is 112 Å². The molecule has 0 unspecified atom stereocenters. The summed E-state index contributed by atoms with van der Waals surface area (Å²) in [5.41, 5.74) is 1.40. The largest absolute Gasteiger partial charge is 0.379 e. The average Bonchev–Trinajstić information content (AvgIpc) is 2.39. The van der Waals surface area contributed by atoms with E-state index in [4.69, 9.17) is 16.3 Å². The smallest absolute Gasteiger partial charge is 0.301 e. The van der Waals surface area contributed by atoms with E-state index in [0.29, 0.717) is 37.9 Å². The molecule has 7 heteroatoms. The number of nitrogens with one attached hydrogen (secondary N) is 1. The van der Waals surface area contributed by atoms with Crippen molar-refractivity contribution in [2.75, 3.05) is 31.0 Å². The molecule has 1 saturated heterocycles. The maximum Gasteiger partial charge on any atom is 0.301 e. The van der Waals surface area contributed by atoms with Crippen molar-refractivity contribution >= 4 is 27.5 Å². The van der Waals surface area contributed by atoms with Crippen LogP contribution in [0.15, 0.2) is 24.3 Å². The van der Waals surface area contributed by atoms with Gasteiger partial charge in [0.05, 0.1) is 18.9 Å². The molecule has 0 radical (unpaired) electrons. The Morgan fingerprint density at radius 2 is 2.06 bits per heavy atom. The lowest BCUT2D eigenvalue weighted by Crippen LogP contribution is -2.43. The molecule has 5 nitrogen and oxygen atoms in total. The summed E-state index contributed by atoms with van der Waals surface area (Å²) in [7, 11) is -3.50.